The Morgan fingerprint density at radius 3 is 2.42 bits per heavy atom. The summed E-state index contributed by atoms with van der Waals surface area (Å²) < 4.78 is 7.07. The van der Waals surface area contributed by atoms with Gasteiger partial charge in [0.25, 0.3) is 0 Å². The van der Waals surface area contributed by atoms with Crippen LogP contribution in [0.15, 0.2) is 55.2 Å². The fourth-order valence-electron chi connectivity index (χ4n) is 2.46. The number of nitrogens with zero attached hydrogens (tertiary/aromatic N) is 5. The zero-order valence-electron chi connectivity index (χ0n) is 12.9. The van der Waals surface area contributed by atoms with E-state index in [0.717, 1.165) is 28.2 Å². The molecule has 7 nitrogen and oxygen atoms in total. The molecule has 0 unspecified atom stereocenters. The molecule has 4 aromatic heterocycles. The molecule has 0 atom stereocenters. The highest BCUT2D eigenvalue weighted by Gasteiger charge is 2.09. The Morgan fingerprint density at radius 1 is 0.875 bits per heavy atom. The molecule has 0 saturated carbocycles. The van der Waals surface area contributed by atoms with Gasteiger partial charge in [0.1, 0.15) is 5.82 Å². The molecule has 2 N–H and O–H groups in total. The Morgan fingerprint density at radius 2 is 1.71 bits per heavy atom. The largest absolute Gasteiger partial charge is 0.481 e. The Kier molecular flexibility index (Phi) is 3.31. The number of ether oxygens (including phenoxy) is 1. The van der Waals surface area contributed by atoms with E-state index in [2.05, 4.69) is 19.9 Å². The summed E-state index contributed by atoms with van der Waals surface area (Å²) in [7, 11) is 1.59. The molecule has 118 valence electrons. The van der Waals surface area contributed by atoms with Crippen molar-refractivity contribution in [1.29, 1.82) is 0 Å². The summed E-state index contributed by atoms with van der Waals surface area (Å²) in [5, 5.41) is 0. The van der Waals surface area contributed by atoms with Crippen molar-refractivity contribution in [3.63, 3.8) is 0 Å². The zero-order valence-corrected chi connectivity index (χ0v) is 12.9. The first-order valence-corrected chi connectivity index (χ1v) is 7.30. The van der Waals surface area contributed by atoms with Crippen LogP contribution in [0, 0.1) is 0 Å². The third kappa shape index (κ3) is 2.41. The molecular formula is C17H14N6O. The van der Waals surface area contributed by atoms with Crippen LogP contribution in [0.25, 0.3) is 28.2 Å². The highest BCUT2D eigenvalue weighted by atomic mass is 16.5. The molecule has 0 spiro atoms. The number of hydrogen-bond acceptors (Lipinski definition) is 6. The van der Waals surface area contributed by atoms with Crippen molar-refractivity contribution < 1.29 is 4.74 Å². The van der Waals surface area contributed by atoms with Crippen LogP contribution < -0.4 is 10.5 Å². The lowest BCUT2D eigenvalue weighted by Gasteiger charge is -2.05. The van der Waals surface area contributed by atoms with Crippen molar-refractivity contribution in [1.82, 2.24) is 24.3 Å². The quantitative estimate of drug-likeness (QED) is 0.624. The molecule has 0 aromatic carbocycles. The van der Waals surface area contributed by atoms with Crippen LogP contribution in [0.1, 0.15) is 0 Å². The van der Waals surface area contributed by atoms with E-state index in [9.17, 15) is 0 Å². The molecule has 0 aliphatic heterocycles. The van der Waals surface area contributed by atoms with Crippen molar-refractivity contribution in [2.45, 2.75) is 0 Å². The van der Waals surface area contributed by atoms with Gasteiger partial charge in [-0.3, -0.25) is 9.38 Å². The minimum absolute atomic E-state index is 0.479. The van der Waals surface area contributed by atoms with E-state index in [0.29, 0.717) is 11.7 Å². The first kappa shape index (κ1) is 14.1. The Hall–Kier alpha value is -3.48. The molecule has 4 rings (SSSR count). The fraction of sp³-hybridized carbons (Fsp3) is 0.0588. The second-order valence-electron chi connectivity index (χ2n) is 5.21. The molecule has 7 heteroatoms. The van der Waals surface area contributed by atoms with Gasteiger partial charge < -0.3 is 10.5 Å². The smallest absolute Gasteiger partial charge is 0.212 e. The van der Waals surface area contributed by atoms with Crippen molar-refractivity contribution in [3.8, 4) is 28.4 Å². The molecule has 0 aliphatic rings. The second kappa shape index (κ2) is 5.62. The standard InChI is InChI=1S/C17H14N6O/c1-24-17-5-3-12(7-22-17)14-8-21-16-9-19-13(10-23(14)16)11-2-4-15(18)20-6-11/h2-10H,1H3,(H2,18,20). The average Bonchev–Trinajstić information content (AvgIpc) is 3.05. The zero-order chi connectivity index (χ0) is 16.5. The molecule has 0 bridgehead atoms. The lowest BCUT2D eigenvalue weighted by Crippen LogP contribution is -1.95. The Bertz CT molecular complexity index is 992. The third-order valence-corrected chi connectivity index (χ3v) is 3.72. The summed E-state index contributed by atoms with van der Waals surface area (Å²) in [5.41, 5.74) is 9.94. The van der Waals surface area contributed by atoms with Gasteiger partial charge >= 0.3 is 0 Å². The minimum Gasteiger partial charge on any atom is -0.481 e. The van der Waals surface area contributed by atoms with Crippen molar-refractivity contribution in [2.24, 2.45) is 0 Å². The number of imidazole rings is 1. The van der Waals surface area contributed by atoms with Gasteiger partial charge in [-0.1, -0.05) is 0 Å². The maximum atomic E-state index is 5.64. The second-order valence-corrected chi connectivity index (χ2v) is 5.21. The monoisotopic (exact) mass is 318 g/mol. The van der Waals surface area contributed by atoms with Crippen LogP contribution in [0.2, 0.25) is 0 Å². The maximum Gasteiger partial charge on any atom is 0.212 e. The first-order valence-electron chi connectivity index (χ1n) is 7.30. The summed E-state index contributed by atoms with van der Waals surface area (Å²) in [6, 6.07) is 7.41. The van der Waals surface area contributed by atoms with Crippen LogP contribution in [-0.2, 0) is 0 Å². The predicted octanol–water partition coefficient (Wildman–Crippen LogP) is 2.44. The van der Waals surface area contributed by atoms with E-state index in [1.807, 2.05) is 28.8 Å². The first-order chi connectivity index (χ1) is 11.7. The summed E-state index contributed by atoms with van der Waals surface area (Å²) in [4.78, 5) is 17.2. The molecule has 4 aromatic rings. The van der Waals surface area contributed by atoms with Crippen molar-refractivity contribution >= 4 is 11.5 Å². The van der Waals surface area contributed by atoms with Crippen molar-refractivity contribution in [3.05, 3.63) is 55.2 Å². The number of anilines is 1. The number of rotatable bonds is 3. The molecule has 24 heavy (non-hydrogen) atoms. The summed E-state index contributed by atoms with van der Waals surface area (Å²) in [6.07, 6.45) is 8.91. The SMILES string of the molecule is COc1ccc(-c2cnc3cnc(-c4ccc(N)nc4)cn23)cn1. The van der Waals surface area contributed by atoms with E-state index in [1.165, 1.54) is 0 Å². The van der Waals surface area contributed by atoms with Crippen LogP contribution in [0.4, 0.5) is 5.82 Å². The molecular weight excluding hydrogens is 304 g/mol. The highest BCUT2D eigenvalue weighted by Crippen LogP contribution is 2.24. The Labute approximate surface area is 137 Å². The number of pyridine rings is 2. The van der Waals surface area contributed by atoms with Gasteiger partial charge in [-0.25, -0.2) is 15.0 Å². The number of hydrogen-bond donors (Lipinski definition) is 1. The third-order valence-electron chi connectivity index (χ3n) is 3.72. The highest BCUT2D eigenvalue weighted by molar-refractivity contribution is 5.66. The van der Waals surface area contributed by atoms with Crippen molar-refractivity contribution in [2.75, 3.05) is 12.8 Å². The molecule has 0 amide bonds. The lowest BCUT2D eigenvalue weighted by atomic mass is 10.2. The van der Waals surface area contributed by atoms with E-state index in [4.69, 9.17) is 10.5 Å². The van der Waals surface area contributed by atoms with Gasteiger partial charge in [0, 0.05) is 35.8 Å². The topological polar surface area (TPSA) is 91.2 Å². The number of nitrogen functional groups attached to an aromatic ring is 1. The van der Waals surface area contributed by atoms with Crippen LogP contribution in [-0.4, -0.2) is 31.4 Å². The molecule has 4 heterocycles. The fourth-order valence-corrected chi connectivity index (χ4v) is 2.46. The molecule has 0 saturated heterocycles. The minimum atomic E-state index is 0.479. The summed E-state index contributed by atoms with van der Waals surface area (Å²) >= 11 is 0. The van der Waals surface area contributed by atoms with E-state index in [-0.39, 0.29) is 0 Å². The summed E-state index contributed by atoms with van der Waals surface area (Å²) in [6.45, 7) is 0. The number of methoxy groups -OCH3 is 1. The van der Waals surface area contributed by atoms with Gasteiger partial charge in [0.2, 0.25) is 5.88 Å². The molecule has 0 aliphatic carbocycles. The predicted molar refractivity (Wildman–Crippen MR) is 90.4 cm³/mol. The van der Waals surface area contributed by atoms with Gasteiger partial charge in [-0.05, 0) is 18.2 Å². The van der Waals surface area contributed by atoms with E-state index in [1.54, 1.807) is 38.0 Å². The van der Waals surface area contributed by atoms with Gasteiger partial charge in [0.05, 0.1) is 30.9 Å². The maximum absolute atomic E-state index is 5.64. The van der Waals surface area contributed by atoms with Gasteiger partial charge in [-0.2, -0.15) is 0 Å². The van der Waals surface area contributed by atoms with E-state index >= 15 is 0 Å². The summed E-state index contributed by atoms with van der Waals surface area (Å²) in [5.74, 6) is 1.05. The van der Waals surface area contributed by atoms with Crippen LogP contribution in [0.3, 0.4) is 0 Å². The number of fused-ring (bicyclic) bond motifs is 1. The normalized spacial score (nSPS) is 10.9. The van der Waals surface area contributed by atoms with E-state index < -0.39 is 0 Å². The van der Waals surface area contributed by atoms with Crippen LogP contribution in [0.5, 0.6) is 5.88 Å². The average molecular weight is 318 g/mol. The molecule has 0 radical (unpaired) electrons. The van der Waals surface area contributed by atoms with Crippen LogP contribution >= 0.6 is 0 Å². The van der Waals surface area contributed by atoms with Gasteiger partial charge in [-0.15, -0.1) is 0 Å². The number of nitrogens with two attached hydrogens (primary N) is 1. The molecule has 0 fully saturated rings. The lowest BCUT2D eigenvalue weighted by molar-refractivity contribution is 0.398. The Balaban J connectivity index is 1.82. The number of aromatic nitrogens is 5. The van der Waals surface area contributed by atoms with Gasteiger partial charge in [0.15, 0.2) is 5.65 Å².